The average Bonchev–Trinajstić information content (AvgIpc) is 2.79. The van der Waals surface area contributed by atoms with Crippen LogP contribution in [0.2, 0.25) is 0 Å². The lowest BCUT2D eigenvalue weighted by Gasteiger charge is -2.35. The second kappa shape index (κ2) is 11.5. The van der Waals surface area contributed by atoms with Crippen molar-refractivity contribution in [3.05, 3.63) is 91.0 Å². The molecule has 0 saturated heterocycles. The predicted octanol–water partition coefficient (Wildman–Crippen LogP) is 7.28. The topological polar surface area (TPSA) is 57.2 Å². The summed E-state index contributed by atoms with van der Waals surface area (Å²) in [5.41, 5.74) is 0. The summed E-state index contributed by atoms with van der Waals surface area (Å²) in [6, 6.07) is 32.2. The maximum atomic E-state index is 12.5. The lowest BCUT2D eigenvalue weighted by atomic mass is 10.0. The summed E-state index contributed by atoms with van der Waals surface area (Å²) in [5.74, 6) is -13.2. The lowest BCUT2D eigenvalue weighted by Crippen LogP contribution is -2.59. The van der Waals surface area contributed by atoms with Crippen molar-refractivity contribution in [2.45, 2.75) is 38.2 Å². The molecule has 3 rings (SSSR count). The van der Waals surface area contributed by atoms with Gasteiger partial charge < -0.3 is 4.55 Å². The Labute approximate surface area is 213 Å². The van der Waals surface area contributed by atoms with Gasteiger partial charge in [-0.1, -0.05) is 54.6 Å². The van der Waals surface area contributed by atoms with E-state index in [-0.39, 0.29) is 10.9 Å². The highest BCUT2D eigenvalue weighted by Gasteiger charge is 2.78. The first kappa shape index (κ1) is 31.4. The van der Waals surface area contributed by atoms with Crippen LogP contribution in [0.1, 0.15) is 0 Å². The molecule has 0 aromatic heterocycles. The lowest BCUT2D eigenvalue weighted by molar-refractivity contribution is -0.368. The van der Waals surface area contributed by atoms with E-state index in [4.69, 9.17) is 0 Å². The van der Waals surface area contributed by atoms with Crippen molar-refractivity contribution in [2.24, 2.45) is 5.92 Å². The van der Waals surface area contributed by atoms with E-state index in [1.165, 1.54) is 14.7 Å². The standard InChI is InChI=1S/C18H15S.C5H2F10O3S/c1-4-10-16(11-5-1)19(17-12-6-2-7-13-17)18-14-8-3-9-15-18;6-2(7,5(13,14)15)1(3(8,9)10)4(11,12)19(16,17)18/h1-15H;1H,(H,16,17,18)/q+1;/p-1. The molecule has 1 atom stereocenters. The van der Waals surface area contributed by atoms with E-state index in [9.17, 15) is 56.9 Å². The molecule has 0 aliphatic carbocycles. The van der Waals surface area contributed by atoms with E-state index in [0.717, 1.165) is 0 Å². The zero-order valence-corrected chi connectivity index (χ0v) is 20.2. The molecule has 208 valence electrons. The minimum absolute atomic E-state index is 0.0146. The van der Waals surface area contributed by atoms with E-state index in [1.807, 2.05) is 0 Å². The van der Waals surface area contributed by atoms with Gasteiger partial charge in [0.25, 0.3) is 0 Å². The monoisotopic (exact) mass is 594 g/mol. The minimum Gasteiger partial charge on any atom is -0.743 e. The number of rotatable bonds is 6. The zero-order chi connectivity index (χ0) is 29.0. The van der Waals surface area contributed by atoms with E-state index in [1.54, 1.807) is 0 Å². The maximum Gasteiger partial charge on any atom is 0.454 e. The molecule has 0 aliphatic heterocycles. The van der Waals surface area contributed by atoms with E-state index in [0.29, 0.717) is 0 Å². The van der Waals surface area contributed by atoms with Gasteiger partial charge in [-0.25, -0.2) is 8.42 Å². The number of benzene rings is 3. The Morgan fingerprint density at radius 1 is 0.579 bits per heavy atom. The fraction of sp³-hybridized carbons (Fsp3) is 0.217. The Bertz CT molecular complexity index is 1170. The molecule has 3 nitrogen and oxygen atoms in total. The van der Waals surface area contributed by atoms with Crippen LogP contribution in [0, 0.1) is 5.92 Å². The molecule has 0 spiro atoms. The largest absolute Gasteiger partial charge is 0.743 e. The molecule has 0 fully saturated rings. The third kappa shape index (κ3) is 7.20. The molecule has 0 N–H and O–H groups in total. The number of alkyl halides is 10. The van der Waals surface area contributed by atoms with Gasteiger partial charge in [0.1, 0.15) is 0 Å². The molecule has 38 heavy (non-hydrogen) atoms. The molecule has 0 saturated carbocycles. The number of halogens is 10. The fourth-order valence-electron chi connectivity index (χ4n) is 2.99. The number of hydrogen-bond acceptors (Lipinski definition) is 3. The number of hydrogen-bond donors (Lipinski definition) is 0. The van der Waals surface area contributed by atoms with Crippen molar-refractivity contribution in [1.82, 2.24) is 0 Å². The van der Waals surface area contributed by atoms with Crippen LogP contribution in [0.3, 0.4) is 0 Å². The van der Waals surface area contributed by atoms with Gasteiger partial charge in [-0.3, -0.25) is 0 Å². The average molecular weight is 594 g/mol. The molecular formula is C23H16F10O3S2. The molecule has 0 heterocycles. The van der Waals surface area contributed by atoms with Crippen LogP contribution in [-0.4, -0.2) is 36.5 Å². The molecule has 0 aliphatic rings. The van der Waals surface area contributed by atoms with Crippen LogP contribution in [0.15, 0.2) is 106 Å². The molecule has 3 aromatic rings. The second-order valence-electron chi connectivity index (χ2n) is 7.36. The van der Waals surface area contributed by atoms with E-state index < -0.39 is 39.6 Å². The summed E-state index contributed by atoms with van der Waals surface area (Å²) in [6.07, 6.45) is -14.1. The predicted molar refractivity (Wildman–Crippen MR) is 117 cm³/mol. The Hall–Kier alpha value is -2.78. The quantitative estimate of drug-likeness (QED) is 0.171. The fourth-order valence-corrected chi connectivity index (χ4v) is 5.67. The Morgan fingerprint density at radius 3 is 1.08 bits per heavy atom. The van der Waals surface area contributed by atoms with Crippen LogP contribution in [-0.2, 0) is 21.0 Å². The highest BCUT2D eigenvalue weighted by atomic mass is 32.2. The first-order valence-electron chi connectivity index (χ1n) is 10.1. The third-order valence-electron chi connectivity index (χ3n) is 4.67. The van der Waals surface area contributed by atoms with Crippen molar-refractivity contribution < 1.29 is 56.9 Å². The first-order valence-corrected chi connectivity index (χ1v) is 12.7. The third-order valence-corrected chi connectivity index (χ3v) is 7.81. The minimum atomic E-state index is -7.41. The summed E-state index contributed by atoms with van der Waals surface area (Å²) in [4.78, 5) is 4.08. The van der Waals surface area contributed by atoms with Gasteiger partial charge >= 0.3 is 23.5 Å². The summed E-state index contributed by atoms with van der Waals surface area (Å²) in [7, 11) is -7.43. The van der Waals surface area contributed by atoms with Crippen LogP contribution in [0.5, 0.6) is 0 Å². The van der Waals surface area contributed by atoms with E-state index in [2.05, 4.69) is 91.0 Å². The second-order valence-corrected chi connectivity index (χ2v) is 10.8. The van der Waals surface area contributed by atoms with Crippen molar-refractivity contribution >= 4 is 21.0 Å². The molecule has 15 heteroatoms. The van der Waals surface area contributed by atoms with Crippen molar-refractivity contribution in [1.29, 1.82) is 0 Å². The molecule has 0 radical (unpaired) electrons. The smallest absolute Gasteiger partial charge is 0.454 e. The van der Waals surface area contributed by atoms with Gasteiger partial charge in [0.2, 0.25) is 5.92 Å². The van der Waals surface area contributed by atoms with Crippen LogP contribution in [0.4, 0.5) is 43.9 Å². The molecule has 0 amide bonds. The van der Waals surface area contributed by atoms with Gasteiger partial charge in [0, 0.05) is 0 Å². The van der Waals surface area contributed by atoms with Crippen molar-refractivity contribution in [2.75, 3.05) is 0 Å². The van der Waals surface area contributed by atoms with E-state index >= 15 is 0 Å². The van der Waals surface area contributed by atoms with Crippen molar-refractivity contribution in [3.8, 4) is 0 Å². The summed E-state index contributed by atoms with van der Waals surface area (Å²) in [6.45, 7) is 0. The summed E-state index contributed by atoms with van der Waals surface area (Å²) in [5, 5.41) is -6.90. The van der Waals surface area contributed by atoms with Gasteiger partial charge in [0.05, 0.1) is 10.9 Å². The Morgan fingerprint density at radius 2 is 0.868 bits per heavy atom. The van der Waals surface area contributed by atoms with Gasteiger partial charge in [0.15, 0.2) is 24.8 Å². The van der Waals surface area contributed by atoms with Crippen LogP contribution in [0.25, 0.3) is 0 Å². The Kier molecular flexibility index (Phi) is 9.54. The molecule has 3 aromatic carbocycles. The highest BCUT2D eigenvalue weighted by molar-refractivity contribution is 7.97. The van der Waals surface area contributed by atoms with Gasteiger partial charge in [-0.05, 0) is 36.4 Å². The van der Waals surface area contributed by atoms with Crippen LogP contribution >= 0.6 is 0 Å². The van der Waals surface area contributed by atoms with Gasteiger partial charge in [-0.15, -0.1) is 0 Å². The Balaban J connectivity index is 0.000000267. The zero-order valence-electron chi connectivity index (χ0n) is 18.6. The SMILES string of the molecule is O=S(=O)([O-])C(F)(F)C(C(F)(F)F)C(F)(F)C(F)(F)F.c1ccc([S+](c2ccccc2)c2ccccc2)cc1. The highest BCUT2D eigenvalue weighted by Crippen LogP contribution is 2.54. The van der Waals surface area contributed by atoms with Crippen LogP contribution < -0.4 is 0 Å². The van der Waals surface area contributed by atoms with Gasteiger partial charge in [-0.2, -0.15) is 43.9 Å². The molecular weight excluding hydrogens is 578 g/mol. The summed E-state index contributed by atoms with van der Waals surface area (Å²) < 4.78 is 150. The first-order chi connectivity index (χ1) is 17.3. The summed E-state index contributed by atoms with van der Waals surface area (Å²) >= 11 is 0. The normalized spacial score (nSPS) is 14.0. The maximum absolute atomic E-state index is 12.5. The van der Waals surface area contributed by atoms with Crippen molar-refractivity contribution in [3.63, 3.8) is 0 Å². The molecule has 0 bridgehead atoms. The molecule has 1 unspecified atom stereocenters.